The van der Waals surface area contributed by atoms with Crippen molar-refractivity contribution in [1.29, 1.82) is 0 Å². The van der Waals surface area contributed by atoms with Crippen molar-refractivity contribution >= 4 is 11.9 Å². The molecule has 0 unspecified atom stereocenters. The van der Waals surface area contributed by atoms with Crippen LogP contribution in [0.4, 0.5) is 0 Å². The Bertz CT molecular complexity index is 831. The summed E-state index contributed by atoms with van der Waals surface area (Å²) in [6, 6.07) is 24.4. The van der Waals surface area contributed by atoms with E-state index in [1.165, 1.54) is 6.08 Å². The first-order valence-electron chi connectivity index (χ1n) is 7.39. The molecular formula is C21H16O2. The number of rotatable bonds is 4. The third kappa shape index (κ3) is 3.74. The van der Waals surface area contributed by atoms with E-state index in [4.69, 9.17) is 0 Å². The molecule has 112 valence electrons. The summed E-state index contributed by atoms with van der Waals surface area (Å²) in [6.07, 6.45) is 3.22. The highest BCUT2D eigenvalue weighted by molar-refractivity contribution is 6.07. The van der Waals surface area contributed by atoms with E-state index in [9.17, 15) is 9.90 Å². The maximum absolute atomic E-state index is 12.2. The Morgan fingerprint density at radius 2 is 1.48 bits per heavy atom. The molecule has 3 rings (SSSR count). The molecule has 0 radical (unpaired) electrons. The quantitative estimate of drug-likeness (QED) is 0.546. The Labute approximate surface area is 135 Å². The lowest BCUT2D eigenvalue weighted by atomic mass is 10.0. The van der Waals surface area contributed by atoms with Gasteiger partial charge in [-0.2, -0.15) is 0 Å². The maximum atomic E-state index is 12.2. The van der Waals surface area contributed by atoms with E-state index < -0.39 is 0 Å². The molecule has 0 aliphatic heterocycles. The van der Waals surface area contributed by atoms with Gasteiger partial charge in [0.25, 0.3) is 0 Å². The van der Waals surface area contributed by atoms with Crippen molar-refractivity contribution in [2.24, 2.45) is 0 Å². The van der Waals surface area contributed by atoms with Crippen molar-refractivity contribution in [2.75, 3.05) is 0 Å². The average molecular weight is 300 g/mol. The van der Waals surface area contributed by atoms with Crippen molar-refractivity contribution in [3.05, 3.63) is 96.1 Å². The van der Waals surface area contributed by atoms with Crippen LogP contribution >= 0.6 is 0 Å². The molecule has 0 atom stereocenters. The molecule has 0 aliphatic carbocycles. The van der Waals surface area contributed by atoms with Gasteiger partial charge in [0, 0.05) is 5.56 Å². The van der Waals surface area contributed by atoms with Gasteiger partial charge in [-0.15, -0.1) is 0 Å². The first kappa shape index (κ1) is 14.8. The number of hydrogen-bond donors (Lipinski definition) is 1. The molecule has 0 bridgehead atoms. The molecule has 0 spiro atoms. The first-order valence-corrected chi connectivity index (χ1v) is 7.39. The molecule has 0 saturated heterocycles. The van der Waals surface area contributed by atoms with Crippen LogP contribution in [0.25, 0.3) is 17.2 Å². The fourth-order valence-electron chi connectivity index (χ4n) is 2.35. The Morgan fingerprint density at radius 3 is 2.17 bits per heavy atom. The van der Waals surface area contributed by atoms with Crippen molar-refractivity contribution in [2.45, 2.75) is 0 Å². The zero-order valence-corrected chi connectivity index (χ0v) is 12.5. The van der Waals surface area contributed by atoms with E-state index in [1.807, 2.05) is 60.7 Å². The van der Waals surface area contributed by atoms with Crippen LogP contribution in [0.1, 0.15) is 15.9 Å². The molecule has 23 heavy (non-hydrogen) atoms. The van der Waals surface area contributed by atoms with Crippen LogP contribution in [0.3, 0.4) is 0 Å². The predicted molar refractivity (Wildman–Crippen MR) is 93.3 cm³/mol. The van der Waals surface area contributed by atoms with Gasteiger partial charge in [-0.05, 0) is 34.9 Å². The lowest BCUT2D eigenvalue weighted by Crippen LogP contribution is -1.93. The minimum Gasteiger partial charge on any atom is -0.508 e. The molecule has 3 aromatic carbocycles. The van der Waals surface area contributed by atoms with E-state index in [0.717, 1.165) is 16.7 Å². The van der Waals surface area contributed by atoms with Crippen LogP contribution in [0, 0.1) is 0 Å². The topological polar surface area (TPSA) is 37.3 Å². The van der Waals surface area contributed by atoms with Crippen LogP contribution in [-0.2, 0) is 0 Å². The normalized spacial score (nSPS) is 10.8. The van der Waals surface area contributed by atoms with Gasteiger partial charge < -0.3 is 5.11 Å². The number of aromatic hydroxyl groups is 1. The highest BCUT2D eigenvalue weighted by atomic mass is 16.3. The molecule has 0 heterocycles. The highest BCUT2D eigenvalue weighted by Crippen LogP contribution is 2.20. The zero-order chi connectivity index (χ0) is 16.1. The van der Waals surface area contributed by atoms with E-state index >= 15 is 0 Å². The van der Waals surface area contributed by atoms with Gasteiger partial charge in [-0.3, -0.25) is 4.79 Å². The molecule has 3 aromatic rings. The molecular weight excluding hydrogens is 284 g/mol. The van der Waals surface area contributed by atoms with Crippen molar-refractivity contribution in [3.8, 4) is 16.9 Å². The molecule has 2 heteroatoms. The number of phenols is 1. The predicted octanol–water partition coefficient (Wildman–Crippen LogP) is 4.96. The third-order valence-corrected chi connectivity index (χ3v) is 3.57. The standard InChI is InChI=1S/C21H16O2/c22-20-8-4-5-16(15-20)9-14-21(23)19-12-10-18(11-13-19)17-6-2-1-3-7-17/h1-15,22H/b14-9+. The summed E-state index contributed by atoms with van der Waals surface area (Å²) in [5, 5.41) is 9.42. The summed E-state index contributed by atoms with van der Waals surface area (Å²) in [7, 11) is 0. The van der Waals surface area contributed by atoms with E-state index in [1.54, 1.807) is 24.3 Å². The highest BCUT2D eigenvalue weighted by Gasteiger charge is 2.03. The SMILES string of the molecule is O=C(/C=C/c1cccc(O)c1)c1ccc(-c2ccccc2)cc1. The number of hydrogen-bond acceptors (Lipinski definition) is 2. The Morgan fingerprint density at radius 1 is 0.783 bits per heavy atom. The molecule has 0 aliphatic rings. The molecule has 0 amide bonds. The molecule has 0 aromatic heterocycles. The minimum atomic E-state index is -0.0621. The van der Waals surface area contributed by atoms with E-state index in [0.29, 0.717) is 5.56 Å². The summed E-state index contributed by atoms with van der Waals surface area (Å²) in [4.78, 5) is 12.2. The second kappa shape index (κ2) is 6.75. The zero-order valence-electron chi connectivity index (χ0n) is 12.5. The summed E-state index contributed by atoms with van der Waals surface area (Å²) in [5.41, 5.74) is 3.64. The van der Waals surface area contributed by atoms with Crippen LogP contribution < -0.4 is 0 Å². The number of ketones is 1. The fraction of sp³-hybridized carbons (Fsp3) is 0. The van der Waals surface area contributed by atoms with Crippen molar-refractivity contribution < 1.29 is 9.90 Å². The Hall–Kier alpha value is -3.13. The average Bonchev–Trinajstić information content (AvgIpc) is 2.61. The number of phenolic OH excluding ortho intramolecular Hbond substituents is 1. The van der Waals surface area contributed by atoms with Crippen LogP contribution in [-0.4, -0.2) is 10.9 Å². The lowest BCUT2D eigenvalue weighted by Gasteiger charge is -2.02. The van der Waals surface area contributed by atoms with Gasteiger partial charge in [0.2, 0.25) is 0 Å². The van der Waals surface area contributed by atoms with E-state index in [2.05, 4.69) is 0 Å². The fourth-order valence-corrected chi connectivity index (χ4v) is 2.35. The maximum Gasteiger partial charge on any atom is 0.185 e. The minimum absolute atomic E-state index is 0.0621. The van der Waals surface area contributed by atoms with Gasteiger partial charge in [0.05, 0.1) is 0 Å². The molecule has 2 nitrogen and oxygen atoms in total. The monoisotopic (exact) mass is 300 g/mol. The van der Waals surface area contributed by atoms with Gasteiger partial charge in [0.1, 0.15) is 5.75 Å². The lowest BCUT2D eigenvalue weighted by molar-refractivity contribution is 0.104. The number of carbonyl (C=O) groups is 1. The van der Waals surface area contributed by atoms with Gasteiger partial charge in [-0.25, -0.2) is 0 Å². The summed E-state index contributed by atoms with van der Waals surface area (Å²) >= 11 is 0. The molecule has 0 saturated carbocycles. The summed E-state index contributed by atoms with van der Waals surface area (Å²) in [6.45, 7) is 0. The summed E-state index contributed by atoms with van der Waals surface area (Å²) in [5.74, 6) is 0.125. The Balaban J connectivity index is 1.75. The second-order valence-corrected chi connectivity index (χ2v) is 5.24. The van der Waals surface area contributed by atoms with Crippen LogP contribution in [0.5, 0.6) is 5.75 Å². The smallest absolute Gasteiger partial charge is 0.185 e. The number of allylic oxidation sites excluding steroid dienone is 1. The molecule has 1 N–H and O–H groups in total. The van der Waals surface area contributed by atoms with Gasteiger partial charge in [0.15, 0.2) is 5.78 Å². The number of carbonyl (C=O) groups excluding carboxylic acids is 1. The van der Waals surface area contributed by atoms with Gasteiger partial charge >= 0.3 is 0 Å². The van der Waals surface area contributed by atoms with Gasteiger partial charge in [-0.1, -0.05) is 72.8 Å². The number of benzene rings is 3. The summed E-state index contributed by atoms with van der Waals surface area (Å²) < 4.78 is 0. The van der Waals surface area contributed by atoms with Crippen LogP contribution in [0.15, 0.2) is 84.9 Å². The van der Waals surface area contributed by atoms with E-state index in [-0.39, 0.29) is 11.5 Å². The third-order valence-electron chi connectivity index (χ3n) is 3.57. The van der Waals surface area contributed by atoms with Crippen molar-refractivity contribution in [3.63, 3.8) is 0 Å². The first-order chi connectivity index (χ1) is 11.2. The largest absolute Gasteiger partial charge is 0.508 e. The van der Waals surface area contributed by atoms with Crippen LogP contribution in [0.2, 0.25) is 0 Å². The second-order valence-electron chi connectivity index (χ2n) is 5.24. The molecule has 0 fully saturated rings. The Kier molecular flexibility index (Phi) is 4.34. The van der Waals surface area contributed by atoms with Crippen molar-refractivity contribution in [1.82, 2.24) is 0 Å².